The van der Waals surface area contributed by atoms with Crippen molar-refractivity contribution in [2.45, 2.75) is 39.4 Å². The lowest BCUT2D eigenvalue weighted by Gasteiger charge is -2.43. The smallest absolute Gasteiger partial charge is 0.235 e. The minimum atomic E-state index is -0.452. The van der Waals surface area contributed by atoms with Gasteiger partial charge in [-0.15, -0.1) is 0 Å². The molecule has 3 rings (SSSR count). The molecule has 2 aliphatic rings. The SMILES string of the molecule is C=CC1=C(C=C)C2(CC(OCc3ccccc3)C2)C(=O)N1.CC. The van der Waals surface area contributed by atoms with E-state index in [1.807, 2.05) is 44.2 Å². The van der Waals surface area contributed by atoms with Gasteiger partial charge in [0.25, 0.3) is 0 Å². The van der Waals surface area contributed by atoms with E-state index in [1.165, 1.54) is 0 Å². The van der Waals surface area contributed by atoms with Crippen LogP contribution in [0, 0.1) is 5.41 Å². The summed E-state index contributed by atoms with van der Waals surface area (Å²) < 4.78 is 5.90. The Balaban J connectivity index is 0.000000924. The molecule has 122 valence electrons. The third-order valence-corrected chi connectivity index (χ3v) is 4.38. The highest BCUT2D eigenvalue weighted by molar-refractivity contribution is 5.93. The molecule has 3 heteroatoms. The second-order valence-corrected chi connectivity index (χ2v) is 5.60. The first-order valence-corrected chi connectivity index (χ1v) is 8.16. The van der Waals surface area contributed by atoms with Crippen molar-refractivity contribution in [3.8, 4) is 0 Å². The summed E-state index contributed by atoms with van der Waals surface area (Å²) in [5.74, 6) is 0.0480. The second-order valence-electron chi connectivity index (χ2n) is 5.60. The highest BCUT2D eigenvalue weighted by atomic mass is 16.5. The zero-order chi connectivity index (χ0) is 16.9. The molecule has 1 amide bonds. The summed E-state index contributed by atoms with van der Waals surface area (Å²) in [4.78, 5) is 12.2. The van der Waals surface area contributed by atoms with Gasteiger partial charge in [0.15, 0.2) is 0 Å². The van der Waals surface area contributed by atoms with Crippen molar-refractivity contribution in [3.63, 3.8) is 0 Å². The van der Waals surface area contributed by atoms with Crippen LogP contribution in [0.2, 0.25) is 0 Å². The van der Waals surface area contributed by atoms with Gasteiger partial charge in [-0.2, -0.15) is 0 Å². The lowest BCUT2D eigenvalue weighted by atomic mass is 9.62. The van der Waals surface area contributed by atoms with Crippen LogP contribution in [0.4, 0.5) is 0 Å². The number of amides is 1. The van der Waals surface area contributed by atoms with Crippen LogP contribution in [0.1, 0.15) is 32.3 Å². The summed E-state index contributed by atoms with van der Waals surface area (Å²) in [7, 11) is 0. The molecule has 0 bridgehead atoms. The molecular formula is C20H25NO2. The molecule has 1 N–H and O–H groups in total. The third-order valence-electron chi connectivity index (χ3n) is 4.38. The van der Waals surface area contributed by atoms with E-state index >= 15 is 0 Å². The van der Waals surface area contributed by atoms with Crippen LogP contribution >= 0.6 is 0 Å². The Hall–Kier alpha value is -2.13. The number of allylic oxidation sites excluding steroid dienone is 2. The van der Waals surface area contributed by atoms with E-state index in [9.17, 15) is 4.79 Å². The van der Waals surface area contributed by atoms with E-state index in [0.29, 0.717) is 19.4 Å². The zero-order valence-corrected chi connectivity index (χ0v) is 14.0. The lowest BCUT2D eigenvalue weighted by Crippen LogP contribution is -2.49. The lowest BCUT2D eigenvalue weighted by molar-refractivity contribution is -0.141. The van der Waals surface area contributed by atoms with Gasteiger partial charge in [-0.25, -0.2) is 0 Å². The molecule has 1 saturated carbocycles. The zero-order valence-electron chi connectivity index (χ0n) is 14.0. The molecule has 1 aromatic carbocycles. The summed E-state index contributed by atoms with van der Waals surface area (Å²) in [6.07, 6.45) is 4.99. The van der Waals surface area contributed by atoms with Gasteiger partial charge in [0.2, 0.25) is 5.91 Å². The Kier molecular flexibility index (Phi) is 5.56. The van der Waals surface area contributed by atoms with Crippen molar-refractivity contribution in [1.29, 1.82) is 0 Å². The molecule has 0 saturated heterocycles. The van der Waals surface area contributed by atoms with Gasteiger partial charge in [-0.1, -0.05) is 63.4 Å². The van der Waals surface area contributed by atoms with E-state index in [0.717, 1.165) is 16.8 Å². The molecule has 1 fully saturated rings. The predicted molar refractivity (Wildman–Crippen MR) is 93.6 cm³/mol. The number of ether oxygens (including phenoxy) is 1. The van der Waals surface area contributed by atoms with Gasteiger partial charge >= 0.3 is 0 Å². The van der Waals surface area contributed by atoms with Gasteiger partial charge < -0.3 is 10.1 Å². The fraction of sp³-hybridized carbons (Fsp3) is 0.350. The molecule has 0 aromatic heterocycles. The molecule has 0 atom stereocenters. The largest absolute Gasteiger partial charge is 0.373 e. The van der Waals surface area contributed by atoms with Crippen molar-refractivity contribution in [3.05, 3.63) is 72.5 Å². The summed E-state index contributed by atoms with van der Waals surface area (Å²) in [5.41, 5.74) is 2.45. The number of nitrogens with one attached hydrogen (secondary N) is 1. The first-order valence-electron chi connectivity index (χ1n) is 8.16. The van der Waals surface area contributed by atoms with Crippen molar-refractivity contribution in [2.24, 2.45) is 5.41 Å². The van der Waals surface area contributed by atoms with E-state index in [1.54, 1.807) is 12.2 Å². The van der Waals surface area contributed by atoms with E-state index in [2.05, 4.69) is 18.5 Å². The number of rotatable bonds is 5. The minimum absolute atomic E-state index is 0.0480. The number of carbonyl (C=O) groups excluding carboxylic acids is 1. The minimum Gasteiger partial charge on any atom is -0.373 e. The predicted octanol–water partition coefficient (Wildman–Crippen LogP) is 4.13. The van der Waals surface area contributed by atoms with Crippen LogP contribution in [-0.2, 0) is 16.1 Å². The number of benzene rings is 1. The van der Waals surface area contributed by atoms with E-state index in [4.69, 9.17) is 4.74 Å². The molecule has 23 heavy (non-hydrogen) atoms. The Morgan fingerprint density at radius 3 is 2.43 bits per heavy atom. The summed E-state index contributed by atoms with van der Waals surface area (Å²) >= 11 is 0. The van der Waals surface area contributed by atoms with Gasteiger partial charge in [-0.05, 0) is 30.1 Å². The average Bonchev–Trinajstić information content (AvgIpc) is 2.86. The third kappa shape index (κ3) is 3.15. The molecule has 1 aliphatic heterocycles. The van der Waals surface area contributed by atoms with E-state index < -0.39 is 5.41 Å². The van der Waals surface area contributed by atoms with Crippen LogP contribution in [0.5, 0.6) is 0 Å². The van der Waals surface area contributed by atoms with Crippen molar-refractivity contribution in [2.75, 3.05) is 0 Å². The fourth-order valence-electron chi connectivity index (χ4n) is 3.18. The second kappa shape index (κ2) is 7.42. The molecule has 1 heterocycles. The Bertz CT molecular complexity index is 610. The fourth-order valence-corrected chi connectivity index (χ4v) is 3.18. The number of hydrogen-bond donors (Lipinski definition) is 1. The van der Waals surface area contributed by atoms with Crippen molar-refractivity contribution < 1.29 is 9.53 Å². The number of carbonyl (C=O) groups is 1. The van der Waals surface area contributed by atoms with Crippen LogP contribution in [-0.4, -0.2) is 12.0 Å². The monoisotopic (exact) mass is 311 g/mol. The number of hydrogen-bond acceptors (Lipinski definition) is 2. The molecular weight excluding hydrogens is 286 g/mol. The maximum Gasteiger partial charge on any atom is 0.235 e. The average molecular weight is 311 g/mol. The topological polar surface area (TPSA) is 38.3 Å². The Morgan fingerprint density at radius 2 is 1.87 bits per heavy atom. The maximum absolute atomic E-state index is 12.2. The van der Waals surface area contributed by atoms with Crippen LogP contribution in [0.25, 0.3) is 0 Å². The van der Waals surface area contributed by atoms with Crippen molar-refractivity contribution >= 4 is 5.91 Å². The molecule has 0 radical (unpaired) electrons. The van der Waals surface area contributed by atoms with Crippen LogP contribution in [0.3, 0.4) is 0 Å². The Labute approximate surface area is 138 Å². The van der Waals surface area contributed by atoms with Gasteiger partial charge in [0.05, 0.1) is 18.1 Å². The van der Waals surface area contributed by atoms with Crippen molar-refractivity contribution in [1.82, 2.24) is 5.32 Å². The Morgan fingerprint density at radius 1 is 1.22 bits per heavy atom. The standard InChI is InChI=1S/C18H19NO2.C2H6/c1-3-15-16(4-2)19-17(20)18(15)10-14(11-18)21-12-13-8-6-5-7-9-13;1-2/h3-9,14H,1-2,10-12H2,(H,19,20);1-2H3. The first-order chi connectivity index (χ1) is 11.2. The quantitative estimate of drug-likeness (QED) is 0.887. The van der Waals surface area contributed by atoms with Gasteiger partial charge in [0.1, 0.15) is 0 Å². The van der Waals surface area contributed by atoms with Gasteiger partial charge in [0, 0.05) is 5.70 Å². The van der Waals surface area contributed by atoms with Gasteiger partial charge in [-0.3, -0.25) is 4.79 Å². The molecule has 1 aromatic rings. The summed E-state index contributed by atoms with van der Waals surface area (Å²) in [5, 5.41) is 2.89. The molecule has 1 aliphatic carbocycles. The molecule has 0 unspecified atom stereocenters. The first kappa shape index (κ1) is 17.2. The molecule has 3 nitrogen and oxygen atoms in total. The summed E-state index contributed by atoms with van der Waals surface area (Å²) in [6, 6.07) is 10.1. The van der Waals surface area contributed by atoms with Crippen LogP contribution in [0.15, 0.2) is 66.9 Å². The van der Waals surface area contributed by atoms with Crippen LogP contribution < -0.4 is 5.32 Å². The highest BCUT2D eigenvalue weighted by Gasteiger charge is 2.56. The highest BCUT2D eigenvalue weighted by Crippen LogP contribution is 2.52. The molecule has 1 spiro atoms. The summed E-state index contributed by atoms with van der Waals surface area (Å²) in [6.45, 7) is 12.2. The maximum atomic E-state index is 12.2. The normalized spacial score (nSPS) is 25.3. The van der Waals surface area contributed by atoms with E-state index in [-0.39, 0.29) is 12.0 Å².